The number of carbonyl (C=O) groups is 1. The van der Waals surface area contributed by atoms with Gasteiger partial charge in [-0.1, -0.05) is 36.8 Å². The van der Waals surface area contributed by atoms with Crippen LogP contribution in [0.2, 0.25) is 0 Å². The number of carbonyl (C=O) groups excluding carboxylic acids is 1. The molecule has 1 aromatic carbocycles. The Balaban J connectivity index is 1.99. The van der Waals surface area contributed by atoms with Crippen LogP contribution >= 0.6 is 0 Å². The molecule has 16 heavy (non-hydrogen) atoms. The van der Waals surface area contributed by atoms with Gasteiger partial charge >= 0.3 is 0 Å². The van der Waals surface area contributed by atoms with Gasteiger partial charge in [-0.3, -0.25) is 4.79 Å². The molecule has 0 bridgehead atoms. The highest BCUT2D eigenvalue weighted by Gasteiger charge is 2.39. The van der Waals surface area contributed by atoms with Gasteiger partial charge in [0.05, 0.1) is 5.71 Å². The van der Waals surface area contributed by atoms with Crippen LogP contribution in [0.15, 0.2) is 35.4 Å². The number of amides is 1. The van der Waals surface area contributed by atoms with E-state index in [1.54, 1.807) is 0 Å². The number of hydrogen-bond acceptors (Lipinski definition) is 2. The Morgan fingerprint density at radius 1 is 1.12 bits per heavy atom. The van der Waals surface area contributed by atoms with Gasteiger partial charge in [0.1, 0.15) is 0 Å². The summed E-state index contributed by atoms with van der Waals surface area (Å²) in [6.07, 6.45) is 3.22. The third-order valence-electron chi connectivity index (χ3n) is 3.56. The lowest BCUT2D eigenvalue weighted by atomic mass is 9.86. The van der Waals surface area contributed by atoms with Crippen molar-refractivity contribution in [1.82, 2.24) is 5.43 Å². The van der Waals surface area contributed by atoms with Crippen molar-refractivity contribution >= 4 is 11.6 Å². The Hall–Kier alpha value is -1.64. The molecular weight excluding hydrogens is 200 g/mol. The standard InChI is InChI=1S/C13H14N2O/c16-13-11-8-4-7-10(11)12(14-15-13)9-5-2-1-3-6-9/h1-3,5-6,10-11H,4,7-8H2,(H,15,16)/t10-,11+/m0/s1. The Bertz CT molecular complexity index is 439. The molecule has 82 valence electrons. The van der Waals surface area contributed by atoms with Crippen molar-refractivity contribution in [2.45, 2.75) is 19.3 Å². The fraction of sp³-hybridized carbons (Fsp3) is 0.385. The van der Waals surface area contributed by atoms with E-state index in [4.69, 9.17) is 0 Å². The summed E-state index contributed by atoms with van der Waals surface area (Å²) in [7, 11) is 0. The van der Waals surface area contributed by atoms with Crippen LogP contribution in [0, 0.1) is 11.8 Å². The maximum Gasteiger partial charge on any atom is 0.243 e. The first-order valence-corrected chi connectivity index (χ1v) is 5.79. The number of nitrogens with zero attached hydrogens (tertiary/aromatic N) is 1. The average Bonchev–Trinajstić information content (AvgIpc) is 2.81. The smallest absolute Gasteiger partial charge is 0.243 e. The topological polar surface area (TPSA) is 41.5 Å². The molecule has 1 aromatic rings. The maximum atomic E-state index is 11.6. The van der Waals surface area contributed by atoms with Crippen LogP contribution in [-0.4, -0.2) is 11.6 Å². The number of rotatable bonds is 1. The summed E-state index contributed by atoms with van der Waals surface area (Å²) in [6.45, 7) is 0. The van der Waals surface area contributed by atoms with Gasteiger partial charge in [0.15, 0.2) is 0 Å². The molecule has 1 fully saturated rings. The van der Waals surface area contributed by atoms with E-state index < -0.39 is 0 Å². The third kappa shape index (κ3) is 1.43. The van der Waals surface area contributed by atoms with E-state index in [0.29, 0.717) is 5.92 Å². The van der Waals surface area contributed by atoms with Crippen LogP contribution in [-0.2, 0) is 4.79 Å². The van der Waals surface area contributed by atoms with Crippen molar-refractivity contribution in [3.63, 3.8) is 0 Å². The number of hydrazone groups is 1. The number of benzene rings is 1. The first-order valence-electron chi connectivity index (χ1n) is 5.79. The second-order valence-corrected chi connectivity index (χ2v) is 4.48. The molecular formula is C13H14N2O. The molecule has 0 aromatic heterocycles. The van der Waals surface area contributed by atoms with Crippen LogP contribution < -0.4 is 5.43 Å². The highest BCUT2D eigenvalue weighted by molar-refractivity contribution is 6.06. The van der Waals surface area contributed by atoms with E-state index >= 15 is 0 Å². The molecule has 1 N–H and O–H groups in total. The molecule has 3 heteroatoms. The summed E-state index contributed by atoms with van der Waals surface area (Å²) < 4.78 is 0. The van der Waals surface area contributed by atoms with Crippen molar-refractivity contribution in [2.24, 2.45) is 16.9 Å². The molecule has 2 atom stereocenters. The monoisotopic (exact) mass is 214 g/mol. The van der Waals surface area contributed by atoms with Crippen molar-refractivity contribution in [3.05, 3.63) is 35.9 Å². The molecule has 0 spiro atoms. The van der Waals surface area contributed by atoms with Crippen molar-refractivity contribution in [3.8, 4) is 0 Å². The van der Waals surface area contributed by atoms with Gasteiger partial charge in [0, 0.05) is 11.8 Å². The number of hydrogen-bond donors (Lipinski definition) is 1. The molecule has 1 amide bonds. The fourth-order valence-electron chi connectivity index (χ4n) is 2.77. The third-order valence-corrected chi connectivity index (χ3v) is 3.56. The average molecular weight is 214 g/mol. The SMILES string of the molecule is O=C1NN=C(c2ccccc2)[C@H]2CCC[C@@H]12. The molecule has 1 aliphatic carbocycles. The molecule has 1 saturated carbocycles. The Morgan fingerprint density at radius 2 is 1.88 bits per heavy atom. The van der Waals surface area contributed by atoms with E-state index in [0.717, 1.165) is 30.5 Å². The molecule has 2 aliphatic rings. The van der Waals surface area contributed by atoms with Gasteiger partial charge in [0.25, 0.3) is 0 Å². The van der Waals surface area contributed by atoms with Crippen LogP contribution in [0.25, 0.3) is 0 Å². The minimum Gasteiger partial charge on any atom is -0.273 e. The van der Waals surface area contributed by atoms with E-state index in [1.807, 2.05) is 18.2 Å². The molecule has 0 unspecified atom stereocenters. The lowest BCUT2D eigenvalue weighted by Gasteiger charge is -2.24. The van der Waals surface area contributed by atoms with Gasteiger partial charge in [-0.05, 0) is 18.4 Å². The zero-order valence-corrected chi connectivity index (χ0v) is 9.02. The van der Waals surface area contributed by atoms with E-state index in [-0.39, 0.29) is 11.8 Å². The van der Waals surface area contributed by atoms with E-state index in [9.17, 15) is 4.79 Å². The van der Waals surface area contributed by atoms with E-state index in [2.05, 4.69) is 22.7 Å². The molecule has 3 nitrogen and oxygen atoms in total. The minimum absolute atomic E-state index is 0.0992. The van der Waals surface area contributed by atoms with E-state index in [1.165, 1.54) is 0 Å². The lowest BCUT2D eigenvalue weighted by molar-refractivity contribution is -0.125. The summed E-state index contributed by atoms with van der Waals surface area (Å²) in [5.41, 5.74) is 4.85. The normalized spacial score (nSPS) is 28.2. The second-order valence-electron chi connectivity index (χ2n) is 4.48. The van der Waals surface area contributed by atoms with Gasteiger partial charge < -0.3 is 0 Å². The zero-order chi connectivity index (χ0) is 11.0. The highest BCUT2D eigenvalue weighted by Crippen LogP contribution is 2.36. The predicted molar refractivity (Wildman–Crippen MR) is 62.0 cm³/mol. The van der Waals surface area contributed by atoms with Crippen LogP contribution in [0.5, 0.6) is 0 Å². The molecule has 3 rings (SSSR count). The number of fused-ring (bicyclic) bond motifs is 1. The van der Waals surface area contributed by atoms with Crippen molar-refractivity contribution < 1.29 is 4.79 Å². The summed E-state index contributed by atoms with van der Waals surface area (Å²) >= 11 is 0. The molecule has 1 heterocycles. The lowest BCUT2D eigenvalue weighted by Crippen LogP contribution is -2.39. The number of nitrogens with one attached hydrogen (secondary N) is 1. The maximum absolute atomic E-state index is 11.6. The van der Waals surface area contributed by atoms with Gasteiger partial charge in [-0.2, -0.15) is 5.10 Å². The molecule has 0 saturated heterocycles. The molecule has 0 radical (unpaired) electrons. The first-order chi connectivity index (χ1) is 7.86. The van der Waals surface area contributed by atoms with Gasteiger partial charge in [-0.25, -0.2) is 5.43 Å². The van der Waals surface area contributed by atoms with Crippen LogP contribution in [0.3, 0.4) is 0 Å². The summed E-state index contributed by atoms with van der Waals surface area (Å²) in [4.78, 5) is 11.6. The minimum atomic E-state index is 0.0992. The van der Waals surface area contributed by atoms with Gasteiger partial charge in [-0.15, -0.1) is 0 Å². The van der Waals surface area contributed by atoms with Crippen LogP contribution in [0.1, 0.15) is 24.8 Å². The van der Waals surface area contributed by atoms with Crippen LogP contribution in [0.4, 0.5) is 0 Å². The summed E-state index contributed by atoms with van der Waals surface area (Å²) in [5, 5.41) is 4.24. The Morgan fingerprint density at radius 3 is 2.69 bits per heavy atom. The Kier molecular flexibility index (Phi) is 2.24. The predicted octanol–water partition coefficient (Wildman–Crippen LogP) is 1.94. The van der Waals surface area contributed by atoms with Crippen molar-refractivity contribution in [1.29, 1.82) is 0 Å². The quantitative estimate of drug-likeness (QED) is 0.762. The van der Waals surface area contributed by atoms with Crippen molar-refractivity contribution in [2.75, 3.05) is 0 Å². The largest absolute Gasteiger partial charge is 0.273 e. The second kappa shape index (κ2) is 3.74. The highest BCUT2D eigenvalue weighted by atomic mass is 16.2. The first kappa shape index (κ1) is 9.58. The summed E-state index contributed by atoms with van der Waals surface area (Å²) in [6, 6.07) is 10.1. The zero-order valence-electron chi connectivity index (χ0n) is 9.02. The van der Waals surface area contributed by atoms with Gasteiger partial charge in [0.2, 0.25) is 5.91 Å². The fourth-order valence-corrected chi connectivity index (χ4v) is 2.77. The molecule has 1 aliphatic heterocycles. The summed E-state index contributed by atoms with van der Waals surface area (Å²) in [5.74, 6) is 0.575. The Labute approximate surface area is 94.6 Å².